The number of carbonyl (C=O) groups excluding carboxylic acids is 2. The zero-order chi connectivity index (χ0) is 24.5. The van der Waals surface area contributed by atoms with Gasteiger partial charge in [-0.25, -0.2) is 18.6 Å². The van der Waals surface area contributed by atoms with Crippen LogP contribution < -0.4 is 16.0 Å². The number of anilines is 2. The molecule has 1 saturated heterocycles. The van der Waals surface area contributed by atoms with E-state index in [2.05, 4.69) is 20.9 Å². The minimum atomic E-state index is -4.99. The van der Waals surface area contributed by atoms with E-state index in [1.54, 1.807) is 0 Å². The summed E-state index contributed by atoms with van der Waals surface area (Å²) in [5, 5.41) is 7.37. The molecular formula is C21H18F5N5O2S. The van der Waals surface area contributed by atoms with Gasteiger partial charge in [0, 0.05) is 25.3 Å². The molecule has 4 rings (SSSR count). The minimum absolute atomic E-state index is 0.0411. The first-order valence-corrected chi connectivity index (χ1v) is 10.9. The van der Waals surface area contributed by atoms with E-state index in [1.165, 1.54) is 36.4 Å². The van der Waals surface area contributed by atoms with Crippen LogP contribution in [-0.4, -0.2) is 54.3 Å². The van der Waals surface area contributed by atoms with Crippen LogP contribution in [0.4, 0.5) is 37.6 Å². The predicted octanol–water partition coefficient (Wildman–Crippen LogP) is 4.24. The summed E-state index contributed by atoms with van der Waals surface area (Å²) in [6.07, 6.45) is -4.99. The molecule has 1 fully saturated rings. The fourth-order valence-corrected chi connectivity index (χ4v) is 4.62. The number of piperazine rings is 1. The molecule has 1 aromatic heterocycles. The van der Waals surface area contributed by atoms with Gasteiger partial charge < -0.3 is 10.2 Å². The summed E-state index contributed by atoms with van der Waals surface area (Å²) in [7, 11) is 0. The van der Waals surface area contributed by atoms with Crippen LogP contribution in [0, 0.1) is 5.82 Å². The standard InChI is InChI=1S/C21H18F5N5O2S/c22-7-9-31-10-8-27-20(17(31)32,21(24,25)26)12-1-6-15-16(11-12)34-19(29-15)30-18(33)28-14-4-2-13(23)3-5-14/h1-6,11,27H,7-10H2,(H2,28,29,30,33). The molecule has 3 amide bonds. The summed E-state index contributed by atoms with van der Waals surface area (Å²) in [5.74, 6) is -1.74. The number of hydrogen-bond donors (Lipinski definition) is 3. The number of thiazole rings is 1. The van der Waals surface area contributed by atoms with Gasteiger partial charge >= 0.3 is 12.2 Å². The topological polar surface area (TPSA) is 86.4 Å². The molecule has 1 aliphatic rings. The third kappa shape index (κ3) is 4.40. The lowest BCUT2D eigenvalue weighted by Crippen LogP contribution is -2.68. The van der Waals surface area contributed by atoms with Gasteiger partial charge in [-0.2, -0.15) is 13.2 Å². The first kappa shape index (κ1) is 23.8. The van der Waals surface area contributed by atoms with Crippen LogP contribution in [0.1, 0.15) is 5.56 Å². The van der Waals surface area contributed by atoms with Gasteiger partial charge in [-0.1, -0.05) is 17.4 Å². The molecule has 1 atom stereocenters. The van der Waals surface area contributed by atoms with E-state index < -0.39 is 42.7 Å². The Morgan fingerprint density at radius 3 is 2.59 bits per heavy atom. The van der Waals surface area contributed by atoms with Gasteiger partial charge in [0.2, 0.25) is 5.54 Å². The highest BCUT2D eigenvalue weighted by molar-refractivity contribution is 7.22. The average molecular weight is 499 g/mol. The molecule has 0 bridgehead atoms. The Bertz CT molecular complexity index is 1210. The van der Waals surface area contributed by atoms with Gasteiger partial charge in [-0.15, -0.1) is 0 Å². The second-order valence-electron chi connectivity index (χ2n) is 7.44. The Morgan fingerprint density at radius 1 is 1.18 bits per heavy atom. The molecule has 1 aliphatic heterocycles. The maximum atomic E-state index is 14.3. The first-order valence-electron chi connectivity index (χ1n) is 10.1. The Morgan fingerprint density at radius 2 is 1.91 bits per heavy atom. The summed E-state index contributed by atoms with van der Waals surface area (Å²) >= 11 is 0.915. The number of rotatable bonds is 5. The molecule has 2 aromatic carbocycles. The van der Waals surface area contributed by atoms with Gasteiger partial charge in [0.15, 0.2) is 5.13 Å². The van der Waals surface area contributed by atoms with Crippen molar-refractivity contribution in [2.75, 3.05) is 36.9 Å². The third-order valence-corrected chi connectivity index (χ3v) is 6.24. The van der Waals surface area contributed by atoms with Crippen molar-refractivity contribution in [3.63, 3.8) is 0 Å². The van der Waals surface area contributed by atoms with E-state index in [1.807, 2.05) is 0 Å². The van der Waals surface area contributed by atoms with Crippen LogP contribution in [0.25, 0.3) is 10.2 Å². The van der Waals surface area contributed by atoms with Crippen LogP contribution >= 0.6 is 11.3 Å². The van der Waals surface area contributed by atoms with Crippen molar-refractivity contribution in [3.05, 3.63) is 53.8 Å². The Kier molecular flexibility index (Phi) is 6.41. The maximum absolute atomic E-state index is 14.3. The maximum Gasteiger partial charge on any atom is 0.419 e. The number of hydrogen-bond acceptors (Lipinski definition) is 5. The van der Waals surface area contributed by atoms with E-state index in [-0.39, 0.29) is 23.8 Å². The second-order valence-corrected chi connectivity index (χ2v) is 8.47. The van der Waals surface area contributed by atoms with Crippen molar-refractivity contribution in [2.45, 2.75) is 11.7 Å². The summed E-state index contributed by atoms with van der Waals surface area (Å²) in [4.78, 5) is 30.1. The van der Waals surface area contributed by atoms with Gasteiger partial charge in [0.25, 0.3) is 5.91 Å². The highest BCUT2D eigenvalue weighted by Crippen LogP contribution is 2.43. The first-order chi connectivity index (χ1) is 16.1. The molecule has 3 aromatic rings. The third-order valence-electron chi connectivity index (χ3n) is 5.30. The lowest BCUT2D eigenvalue weighted by atomic mass is 9.85. The van der Waals surface area contributed by atoms with Crippen molar-refractivity contribution in [1.29, 1.82) is 0 Å². The van der Waals surface area contributed by atoms with Gasteiger partial charge in [-0.05, 0) is 42.0 Å². The molecule has 0 spiro atoms. The number of aromatic nitrogens is 1. The number of nitrogens with one attached hydrogen (secondary N) is 3. The highest BCUT2D eigenvalue weighted by atomic mass is 32.1. The van der Waals surface area contributed by atoms with E-state index in [0.29, 0.717) is 15.9 Å². The van der Waals surface area contributed by atoms with E-state index in [0.717, 1.165) is 22.3 Å². The smallest absolute Gasteiger partial charge is 0.337 e. The van der Waals surface area contributed by atoms with Crippen LogP contribution in [0.5, 0.6) is 0 Å². The molecule has 1 unspecified atom stereocenters. The van der Waals surface area contributed by atoms with Crippen molar-refractivity contribution < 1.29 is 31.5 Å². The van der Waals surface area contributed by atoms with Gasteiger partial charge in [0.1, 0.15) is 12.5 Å². The number of amides is 3. The lowest BCUT2D eigenvalue weighted by molar-refractivity contribution is -0.214. The van der Waals surface area contributed by atoms with Crippen molar-refractivity contribution in [3.8, 4) is 0 Å². The van der Waals surface area contributed by atoms with E-state index in [9.17, 15) is 31.5 Å². The van der Waals surface area contributed by atoms with Crippen LogP contribution in [0.2, 0.25) is 0 Å². The molecule has 180 valence electrons. The molecule has 0 radical (unpaired) electrons. The molecule has 7 nitrogen and oxygen atoms in total. The molecule has 2 heterocycles. The number of urea groups is 1. The summed E-state index contributed by atoms with van der Waals surface area (Å²) < 4.78 is 68.9. The minimum Gasteiger partial charge on any atom is -0.337 e. The van der Waals surface area contributed by atoms with Crippen LogP contribution in [0.15, 0.2) is 42.5 Å². The quantitative estimate of drug-likeness (QED) is 0.459. The van der Waals surface area contributed by atoms with Crippen LogP contribution in [-0.2, 0) is 10.3 Å². The van der Waals surface area contributed by atoms with E-state index in [4.69, 9.17) is 0 Å². The van der Waals surface area contributed by atoms with Crippen molar-refractivity contribution in [1.82, 2.24) is 15.2 Å². The molecule has 3 N–H and O–H groups in total. The average Bonchev–Trinajstić information content (AvgIpc) is 3.17. The summed E-state index contributed by atoms with van der Waals surface area (Å²) in [6, 6.07) is 8.02. The van der Waals surface area contributed by atoms with E-state index >= 15 is 0 Å². The number of nitrogens with zero attached hydrogens (tertiary/aromatic N) is 2. The number of carbonyl (C=O) groups is 2. The van der Waals surface area contributed by atoms with Crippen molar-refractivity contribution in [2.24, 2.45) is 0 Å². The molecule has 34 heavy (non-hydrogen) atoms. The zero-order valence-electron chi connectivity index (χ0n) is 17.4. The number of alkyl halides is 4. The molecule has 13 heteroatoms. The Balaban J connectivity index is 1.62. The van der Waals surface area contributed by atoms with Crippen LogP contribution in [0.3, 0.4) is 0 Å². The number of fused-ring (bicyclic) bond motifs is 1. The second kappa shape index (κ2) is 9.14. The highest BCUT2D eigenvalue weighted by Gasteiger charge is 2.63. The normalized spacial score (nSPS) is 18.9. The fourth-order valence-electron chi connectivity index (χ4n) is 3.72. The summed E-state index contributed by atoms with van der Waals surface area (Å²) in [6.45, 7) is -1.59. The summed E-state index contributed by atoms with van der Waals surface area (Å²) in [5.41, 5.74) is -2.74. The fraction of sp³-hybridized carbons (Fsp3) is 0.286. The Labute approximate surface area is 194 Å². The van der Waals surface area contributed by atoms with Gasteiger partial charge in [-0.3, -0.25) is 15.4 Å². The lowest BCUT2D eigenvalue weighted by Gasteiger charge is -2.43. The number of halogens is 5. The van der Waals surface area contributed by atoms with Crippen molar-refractivity contribution >= 4 is 44.3 Å². The molecule has 0 aliphatic carbocycles. The number of benzene rings is 2. The molecule has 0 saturated carbocycles. The molecular weight excluding hydrogens is 481 g/mol. The SMILES string of the molecule is O=C(Nc1ccc(F)cc1)Nc1nc2ccc(C3(C(F)(F)F)NCCN(CCF)C3=O)cc2s1. The predicted molar refractivity (Wildman–Crippen MR) is 117 cm³/mol. The van der Waals surface area contributed by atoms with Gasteiger partial charge in [0.05, 0.1) is 10.2 Å². The zero-order valence-corrected chi connectivity index (χ0v) is 18.2. The monoisotopic (exact) mass is 499 g/mol. The Hall–Kier alpha value is -3.32. The largest absolute Gasteiger partial charge is 0.419 e.